The van der Waals surface area contributed by atoms with E-state index in [0.29, 0.717) is 0 Å². The van der Waals surface area contributed by atoms with Crippen LogP contribution >= 0.6 is 0 Å². The highest BCUT2D eigenvalue weighted by Crippen LogP contribution is 2.32. The molecule has 2 N–H and O–H groups in total. The molecule has 0 aromatic heterocycles. The second-order valence-corrected chi connectivity index (χ2v) is 5.48. The van der Waals surface area contributed by atoms with E-state index in [-0.39, 0.29) is 35.6 Å². The minimum absolute atomic E-state index is 0.000664. The Kier molecular flexibility index (Phi) is 5.26. The van der Waals surface area contributed by atoms with Crippen molar-refractivity contribution in [2.45, 2.75) is 19.0 Å². The summed E-state index contributed by atoms with van der Waals surface area (Å²) in [5, 5.41) is 6.49. The maximum atomic E-state index is 13.6. The van der Waals surface area contributed by atoms with Gasteiger partial charge >= 0.3 is 0 Å². The van der Waals surface area contributed by atoms with Crippen molar-refractivity contribution in [3.05, 3.63) is 59.7 Å². The van der Waals surface area contributed by atoms with Gasteiger partial charge in [0.1, 0.15) is 11.6 Å². The van der Waals surface area contributed by atoms with Crippen molar-refractivity contribution in [2.75, 3.05) is 14.1 Å². The van der Waals surface area contributed by atoms with Crippen LogP contribution in [0.3, 0.4) is 0 Å². The molecule has 0 radical (unpaired) electrons. The molecule has 1 aromatic carbocycles. The monoisotopic (exact) mass is 292 g/mol. The number of hydrogen-bond acceptors (Lipinski definition) is 2. The number of nitrogens with one attached hydrogen (secondary N) is 2. The molecule has 0 saturated heterocycles. The summed E-state index contributed by atoms with van der Waals surface area (Å²) < 4.78 is 27.1. The lowest BCUT2D eigenvalue weighted by atomic mass is 9.79. The fraction of sp³-hybridized carbons (Fsp3) is 0.412. The SMILES string of the molecule is CNC([C@@H]1C=C(F)C=CC1C)[C@H](NC)c1cccc(F)c1. The molecule has 0 amide bonds. The van der Waals surface area contributed by atoms with Crippen molar-refractivity contribution in [3.8, 4) is 0 Å². The molecule has 21 heavy (non-hydrogen) atoms. The largest absolute Gasteiger partial charge is 0.315 e. The second-order valence-electron chi connectivity index (χ2n) is 5.48. The first-order chi connectivity index (χ1) is 10.1. The predicted molar refractivity (Wildman–Crippen MR) is 82.0 cm³/mol. The topological polar surface area (TPSA) is 24.1 Å². The zero-order valence-electron chi connectivity index (χ0n) is 12.6. The van der Waals surface area contributed by atoms with Gasteiger partial charge in [0.25, 0.3) is 0 Å². The number of rotatable bonds is 5. The third-order valence-corrected chi connectivity index (χ3v) is 4.14. The number of hydrogen-bond donors (Lipinski definition) is 2. The summed E-state index contributed by atoms with van der Waals surface area (Å²) >= 11 is 0. The molecule has 4 atom stereocenters. The molecule has 0 bridgehead atoms. The quantitative estimate of drug-likeness (QED) is 0.869. The van der Waals surface area contributed by atoms with Gasteiger partial charge in [-0.3, -0.25) is 0 Å². The van der Waals surface area contributed by atoms with Gasteiger partial charge < -0.3 is 10.6 Å². The van der Waals surface area contributed by atoms with Gasteiger partial charge in [-0.2, -0.15) is 0 Å². The van der Waals surface area contributed by atoms with Crippen LogP contribution in [0.4, 0.5) is 8.78 Å². The number of halogens is 2. The standard InChI is InChI=1S/C17H22F2N2/c1-11-7-8-14(19)10-15(11)17(21-3)16(20-2)12-5-4-6-13(18)9-12/h4-11,15-17,20-21H,1-3H3/t11?,15-,16-,17?/m1/s1. The van der Waals surface area contributed by atoms with E-state index < -0.39 is 0 Å². The van der Waals surface area contributed by atoms with E-state index in [1.807, 2.05) is 26.2 Å². The first kappa shape index (κ1) is 15.9. The van der Waals surface area contributed by atoms with Crippen LogP contribution < -0.4 is 10.6 Å². The van der Waals surface area contributed by atoms with E-state index in [9.17, 15) is 8.78 Å². The average molecular weight is 292 g/mol. The van der Waals surface area contributed by atoms with E-state index in [1.54, 1.807) is 12.1 Å². The van der Waals surface area contributed by atoms with Gasteiger partial charge in [0.05, 0.1) is 0 Å². The Morgan fingerprint density at radius 1 is 1.14 bits per heavy atom. The molecule has 2 nitrogen and oxygen atoms in total. The van der Waals surface area contributed by atoms with E-state index in [0.717, 1.165) is 5.56 Å². The summed E-state index contributed by atoms with van der Waals surface area (Å²) in [5.74, 6) is -0.263. The van der Waals surface area contributed by atoms with Crippen LogP contribution in [0, 0.1) is 17.7 Å². The molecule has 1 aliphatic rings. The van der Waals surface area contributed by atoms with Crippen LogP contribution in [0.1, 0.15) is 18.5 Å². The Hall–Kier alpha value is -1.52. The molecule has 1 aliphatic carbocycles. The smallest absolute Gasteiger partial charge is 0.123 e. The highest BCUT2D eigenvalue weighted by atomic mass is 19.1. The summed E-state index contributed by atoms with van der Waals surface area (Å²) in [7, 11) is 3.69. The minimum atomic E-state index is -0.263. The summed E-state index contributed by atoms with van der Waals surface area (Å²) in [6.07, 6.45) is 5.03. The zero-order valence-corrected chi connectivity index (χ0v) is 12.6. The highest BCUT2D eigenvalue weighted by Gasteiger charge is 2.31. The lowest BCUT2D eigenvalue weighted by Gasteiger charge is -2.35. The van der Waals surface area contributed by atoms with Gasteiger partial charge in [0.15, 0.2) is 0 Å². The van der Waals surface area contributed by atoms with Gasteiger partial charge in [0.2, 0.25) is 0 Å². The van der Waals surface area contributed by atoms with Crippen molar-refractivity contribution in [1.82, 2.24) is 10.6 Å². The van der Waals surface area contributed by atoms with Crippen LogP contribution in [0.15, 0.2) is 48.3 Å². The normalized spacial score (nSPS) is 24.5. The van der Waals surface area contributed by atoms with Crippen LogP contribution in [-0.4, -0.2) is 20.1 Å². The summed E-state index contributed by atoms with van der Waals surface area (Å²) in [4.78, 5) is 0. The molecule has 2 rings (SSSR count). The van der Waals surface area contributed by atoms with Crippen LogP contribution in [0.2, 0.25) is 0 Å². The maximum absolute atomic E-state index is 13.6. The van der Waals surface area contributed by atoms with E-state index in [1.165, 1.54) is 18.2 Å². The van der Waals surface area contributed by atoms with Crippen LogP contribution in [0.25, 0.3) is 0 Å². The van der Waals surface area contributed by atoms with Crippen LogP contribution in [0.5, 0.6) is 0 Å². The lowest BCUT2D eigenvalue weighted by molar-refractivity contribution is 0.294. The van der Waals surface area contributed by atoms with Gasteiger partial charge in [-0.05, 0) is 49.9 Å². The van der Waals surface area contributed by atoms with Crippen LogP contribution in [-0.2, 0) is 0 Å². The van der Waals surface area contributed by atoms with Crippen molar-refractivity contribution in [2.24, 2.45) is 11.8 Å². The number of allylic oxidation sites excluding steroid dienone is 3. The summed E-state index contributed by atoms with van der Waals surface area (Å²) in [6.45, 7) is 2.06. The number of benzene rings is 1. The zero-order chi connectivity index (χ0) is 15.4. The Morgan fingerprint density at radius 3 is 2.52 bits per heavy atom. The molecule has 0 heterocycles. The Bertz CT molecular complexity index is 539. The molecule has 114 valence electrons. The van der Waals surface area contributed by atoms with E-state index in [2.05, 4.69) is 17.6 Å². The third-order valence-electron chi connectivity index (χ3n) is 4.14. The first-order valence-corrected chi connectivity index (χ1v) is 7.22. The maximum Gasteiger partial charge on any atom is 0.123 e. The molecule has 0 spiro atoms. The Morgan fingerprint density at radius 2 is 1.90 bits per heavy atom. The van der Waals surface area contributed by atoms with Crippen molar-refractivity contribution in [1.29, 1.82) is 0 Å². The van der Waals surface area contributed by atoms with E-state index >= 15 is 0 Å². The van der Waals surface area contributed by atoms with Crippen molar-refractivity contribution < 1.29 is 8.78 Å². The van der Waals surface area contributed by atoms with Gasteiger partial charge in [0, 0.05) is 18.0 Å². The minimum Gasteiger partial charge on any atom is -0.315 e. The molecule has 4 heteroatoms. The summed E-state index contributed by atoms with van der Waals surface area (Å²) in [5.41, 5.74) is 0.854. The lowest BCUT2D eigenvalue weighted by Crippen LogP contribution is -2.45. The average Bonchev–Trinajstić information content (AvgIpc) is 2.47. The fourth-order valence-corrected chi connectivity index (χ4v) is 3.03. The van der Waals surface area contributed by atoms with Gasteiger partial charge in [-0.15, -0.1) is 0 Å². The van der Waals surface area contributed by atoms with Crippen molar-refractivity contribution in [3.63, 3.8) is 0 Å². The molecule has 2 unspecified atom stereocenters. The number of likely N-dealkylation sites (N-methyl/N-ethyl adjacent to an activating group) is 2. The van der Waals surface area contributed by atoms with Gasteiger partial charge in [-0.1, -0.05) is 25.1 Å². The van der Waals surface area contributed by atoms with E-state index in [4.69, 9.17) is 0 Å². The summed E-state index contributed by atoms with van der Waals surface area (Å²) in [6, 6.07) is 6.39. The van der Waals surface area contributed by atoms with Crippen molar-refractivity contribution >= 4 is 0 Å². The fourth-order valence-electron chi connectivity index (χ4n) is 3.03. The third kappa shape index (κ3) is 3.57. The predicted octanol–water partition coefficient (Wildman–Crippen LogP) is 3.35. The molecular formula is C17H22F2N2. The molecular weight excluding hydrogens is 270 g/mol. The molecule has 0 saturated carbocycles. The Balaban J connectivity index is 2.32. The highest BCUT2D eigenvalue weighted by molar-refractivity contribution is 5.26. The Labute approximate surface area is 124 Å². The molecule has 0 aliphatic heterocycles. The second kappa shape index (κ2) is 6.96. The first-order valence-electron chi connectivity index (χ1n) is 7.22. The molecule has 1 aromatic rings. The molecule has 0 fully saturated rings. The van der Waals surface area contributed by atoms with Gasteiger partial charge in [-0.25, -0.2) is 8.78 Å².